The summed E-state index contributed by atoms with van der Waals surface area (Å²) in [6.45, 7) is 1.20. The van der Waals surface area contributed by atoms with E-state index in [1.165, 1.54) is 7.11 Å². The lowest BCUT2D eigenvalue weighted by molar-refractivity contribution is -0.139. The Balaban J connectivity index is 1.91. The van der Waals surface area contributed by atoms with Gasteiger partial charge in [0.2, 0.25) is 0 Å². The Bertz CT molecular complexity index is 992. The number of benzene rings is 1. The third kappa shape index (κ3) is 4.57. The molecule has 1 aromatic carbocycles. The number of ether oxygens (including phenoxy) is 3. The van der Waals surface area contributed by atoms with Crippen molar-refractivity contribution in [3.63, 3.8) is 0 Å². The van der Waals surface area contributed by atoms with Gasteiger partial charge in [-0.15, -0.1) is 0 Å². The number of methoxy groups -OCH3 is 2. The molecule has 0 saturated heterocycles. The predicted molar refractivity (Wildman–Crippen MR) is 106 cm³/mol. The molecular formula is C18H20BrN5O4. The number of hydrogen-bond donors (Lipinski definition) is 1. The molecule has 10 heteroatoms. The van der Waals surface area contributed by atoms with Crippen LogP contribution in [0.2, 0.25) is 0 Å². The Kier molecular flexibility index (Phi) is 6.42. The molecule has 0 aliphatic heterocycles. The summed E-state index contributed by atoms with van der Waals surface area (Å²) in [6.07, 6.45) is 0.211. The van der Waals surface area contributed by atoms with Gasteiger partial charge in [0.05, 0.1) is 26.7 Å². The molecule has 0 aliphatic carbocycles. The molecule has 0 saturated carbocycles. The van der Waals surface area contributed by atoms with Crippen LogP contribution >= 0.6 is 15.9 Å². The van der Waals surface area contributed by atoms with Crippen molar-refractivity contribution in [2.45, 2.75) is 13.0 Å². The highest BCUT2D eigenvalue weighted by molar-refractivity contribution is 9.10. The molecule has 0 aliphatic rings. The summed E-state index contributed by atoms with van der Waals surface area (Å²) >= 11 is 3.45. The number of nitrogens with two attached hydrogens (primary N) is 1. The maximum Gasteiger partial charge on any atom is 0.320 e. The first kappa shape index (κ1) is 20.0. The van der Waals surface area contributed by atoms with E-state index in [-0.39, 0.29) is 24.2 Å². The lowest BCUT2D eigenvalue weighted by Crippen LogP contribution is -2.09. The SMILES string of the molecule is COCCOc1nc(N)c2nc(Br)n(Cc3cccc(CC(=O)OC)c3)c2n1. The Hall–Kier alpha value is -2.72. The molecule has 0 fully saturated rings. The van der Waals surface area contributed by atoms with E-state index < -0.39 is 0 Å². The van der Waals surface area contributed by atoms with Crippen LogP contribution in [0.25, 0.3) is 11.2 Å². The normalized spacial score (nSPS) is 11.0. The van der Waals surface area contributed by atoms with E-state index in [9.17, 15) is 4.79 Å². The standard InChI is InChI=1S/C18H20BrN5O4/c1-26-6-7-28-18-22-15(20)14-16(23-18)24(17(19)21-14)10-12-5-3-4-11(8-12)9-13(25)27-2/h3-5,8H,6-7,9-10H2,1-2H3,(H2,20,22,23). The van der Waals surface area contributed by atoms with Crippen molar-refractivity contribution in [3.05, 3.63) is 40.1 Å². The fourth-order valence-corrected chi connectivity index (χ4v) is 3.13. The van der Waals surface area contributed by atoms with Crippen LogP contribution in [0.3, 0.4) is 0 Å². The zero-order valence-corrected chi connectivity index (χ0v) is 17.1. The number of nitrogen functional groups attached to an aromatic ring is 1. The molecule has 0 radical (unpaired) electrons. The second kappa shape index (κ2) is 8.98. The van der Waals surface area contributed by atoms with Crippen LogP contribution in [0.15, 0.2) is 29.0 Å². The molecule has 2 aromatic heterocycles. The van der Waals surface area contributed by atoms with Crippen molar-refractivity contribution >= 4 is 38.9 Å². The van der Waals surface area contributed by atoms with Crippen molar-refractivity contribution < 1.29 is 19.0 Å². The smallest absolute Gasteiger partial charge is 0.320 e. The minimum Gasteiger partial charge on any atom is -0.469 e. The maximum absolute atomic E-state index is 11.5. The Morgan fingerprint density at radius 1 is 1.18 bits per heavy atom. The highest BCUT2D eigenvalue weighted by Gasteiger charge is 2.16. The van der Waals surface area contributed by atoms with Gasteiger partial charge in [-0.2, -0.15) is 9.97 Å². The second-order valence-corrected chi connectivity index (χ2v) is 6.65. The Morgan fingerprint density at radius 3 is 2.71 bits per heavy atom. The number of carbonyl (C=O) groups excluding carboxylic acids is 1. The minimum atomic E-state index is -0.287. The van der Waals surface area contributed by atoms with Crippen molar-refractivity contribution in [2.24, 2.45) is 0 Å². The van der Waals surface area contributed by atoms with Crippen LogP contribution in [0.4, 0.5) is 5.82 Å². The number of hydrogen-bond acceptors (Lipinski definition) is 8. The molecule has 2 heterocycles. The van der Waals surface area contributed by atoms with Crippen LogP contribution in [-0.2, 0) is 27.2 Å². The first-order valence-electron chi connectivity index (χ1n) is 8.47. The number of anilines is 1. The number of rotatable bonds is 8. The molecule has 9 nitrogen and oxygen atoms in total. The maximum atomic E-state index is 11.5. The fraction of sp³-hybridized carbons (Fsp3) is 0.333. The number of halogens is 1. The third-order valence-corrected chi connectivity index (χ3v) is 4.59. The van der Waals surface area contributed by atoms with Gasteiger partial charge in [-0.1, -0.05) is 24.3 Å². The molecule has 3 rings (SSSR count). The van der Waals surface area contributed by atoms with Crippen LogP contribution < -0.4 is 10.5 Å². The van der Waals surface area contributed by atoms with Crippen LogP contribution in [0.1, 0.15) is 11.1 Å². The van der Waals surface area contributed by atoms with E-state index in [1.807, 2.05) is 28.8 Å². The topological polar surface area (TPSA) is 114 Å². The summed E-state index contributed by atoms with van der Waals surface area (Å²) in [4.78, 5) is 24.5. The first-order valence-corrected chi connectivity index (χ1v) is 9.26. The predicted octanol–water partition coefficient (Wildman–Crippen LogP) is 1.96. The van der Waals surface area contributed by atoms with E-state index in [0.29, 0.717) is 35.7 Å². The van der Waals surface area contributed by atoms with Crippen LogP contribution in [0.5, 0.6) is 6.01 Å². The van der Waals surface area contributed by atoms with Crippen molar-refractivity contribution in [1.29, 1.82) is 0 Å². The van der Waals surface area contributed by atoms with Gasteiger partial charge < -0.3 is 19.9 Å². The largest absolute Gasteiger partial charge is 0.469 e. The summed E-state index contributed by atoms with van der Waals surface area (Å²) in [5, 5.41) is 0. The van der Waals surface area contributed by atoms with Gasteiger partial charge in [0.25, 0.3) is 0 Å². The molecule has 0 spiro atoms. The summed E-state index contributed by atoms with van der Waals surface area (Å²) in [5.74, 6) is -0.0546. The fourth-order valence-electron chi connectivity index (χ4n) is 2.65. The summed E-state index contributed by atoms with van der Waals surface area (Å²) in [6, 6.07) is 7.83. The molecule has 148 valence electrons. The van der Waals surface area contributed by atoms with Gasteiger partial charge >= 0.3 is 12.0 Å². The lowest BCUT2D eigenvalue weighted by atomic mass is 10.1. The molecule has 28 heavy (non-hydrogen) atoms. The Labute approximate surface area is 170 Å². The highest BCUT2D eigenvalue weighted by atomic mass is 79.9. The number of aromatic nitrogens is 4. The van der Waals surface area contributed by atoms with Gasteiger partial charge in [-0.05, 0) is 27.1 Å². The minimum absolute atomic E-state index is 0.162. The van der Waals surface area contributed by atoms with E-state index in [0.717, 1.165) is 11.1 Å². The van der Waals surface area contributed by atoms with Gasteiger partial charge in [0.1, 0.15) is 6.61 Å². The molecule has 0 atom stereocenters. The number of imidazole rings is 1. The summed E-state index contributed by atoms with van der Waals surface area (Å²) < 4.78 is 17.6. The third-order valence-electron chi connectivity index (χ3n) is 3.98. The molecule has 0 amide bonds. The van der Waals surface area contributed by atoms with Gasteiger partial charge in [0.15, 0.2) is 21.7 Å². The van der Waals surface area contributed by atoms with Crippen LogP contribution in [-0.4, -0.2) is 52.9 Å². The highest BCUT2D eigenvalue weighted by Crippen LogP contribution is 2.25. The average molecular weight is 450 g/mol. The van der Waals surface area contributed by atoms with Gasteiger partial charge in [-0.3, -0.25) is 9.36 Å². The monoisotopic (exact) mass is 449 g/mol. The number of carbonyl (C=O) groups is 1. The van der Waals surface area contributed by atoms with Crippen molar-refractivity contribution in [2.75, 3.05) is 33.2 Å². The van der Waals surface area contributed by atoms with E-state index in [2.05, 4.69) is 30.9 Å². The van der Waals surface area contributed by atoms with Crippen molar-refractivity contribution in [1.82, 2.24) is 19.5 Å². The summed E-state index contributed by atoms with van der Waals surface area (Å²) in [5.41, 5.74) is 8.89. The van der Waals surface area contributed by atoms with E-state index in [4.69, 9.17) is 19.9 Å². The number of esters is 1. The second-order valence-electron chi connectivity index (χ2n) is 5.94. The zero-order valence-electron chi connectivity index (χ0n) is 15.5. The van der Waals surface area contributed by atoms with E-state index in [1.54, 1.807) is 7.11 Å². The Morgan fingerprint density at radius 2 is 1.96 bits per heavy atom. The number of nitrogens with zero attached hydrogens (tertiary/aromatic N) is 4. The van der Waals surface area contributed by atoms with Gasteiger partial charge in [-0.25, -0.2) is 4.98 Å². The first-order chi connectivity index (χ1) is 13.5. The number of fused-ring (bicyclic) bond motifs is 1. The average Bonchev–Trinajstić information content (AvgIpc) is 2.98. The molecule has 3 aromatic rings. The lowest BCUT2D eigenvalue weighted by Gasteiger charge is -2.09. The van der Waals surface area contributed by atoms with Crippen LogP contribution in [0, 0.1) is 0 Å². The quantitative estimate of drug-likeness (QED) is 0.315. The molecule has 0 bridgehead atoms. The van der Waals surface area contributed by atoms with Gasteiger partial charge in [0, 0.05) is 7.11 Å². The molecule has 0 unspecified atom stereocenters. The summed E-state index contributed by atoms with van der Waals surface area (Å²) in [7, 11) is 2.96. The molecule has 2 N–H and O–H groups in total. The van der Waals surface area contributed by atoms with E-state index >= 15 is 0 Å². The van der Waals surface area contributed by atoms with Crippen molar-refractivity contribution in [3.8, 4) is 6.01 Å². The zero-order chi connectivity index (χ0) is 20.1. The molecular weight excluding hydrogens is 430 g/mol.